The van der Waals surface area contributed by atoms with Crippen molar-refractivity contribution in [1.82, 2.24) is 0 Å². The van der Waals surface area contributed by atoms with Crippen molar-refractivity contribution in [2.75, 3.05) is 18.1 Å². The largest absolute Gasteiger partial charge is 0.478 e. The molecule has 0 bridgehead atoms. The molecule has 0 saturated carbocycles. The van der Waals surface area contributed by atoms with Gasteiger partial charge in [-0.15, -0.1) is 0 Å². The minimum Gasteiger partial charge on any atom is -0.478 e. The molecule has 1 aromatic carbocycles. The van der Waals surface area contributed by atoms with Crippen molar-refractivity contribution in [2.45, 2.75) is 39.7 Å². The fraction of sp³-hybridized carbons (Fsp3) is 0.529. The van der Waals surface area contributed by atoms with E-state index in [1.807, 2.05) is 20.8 Å². The van der Waals surface area contributed by atoms with Gasteiger partial charge in [0.05, 0.1) is 23.3 Å². The molecule has 0 saturated heterocycles. The lowest BCUT2D eigenvalue weighted by molar-refractivity contribution is -0.384. The highest BCUT2D eigenvalue weighted by Crippen LogP contribution is 2.38. The number of amides is 1. The molecule has 0 aliphatic carbocycles. The minimum absolute atomic E-state index is 0.138. The summed E-state index contributed by atoms with van der Waals surface area (Å²) in [6.45, 7) is 5.65. The minimum atomic E-state index is -0.807. The molecule has 0 fully saturated rings. The Labute approximate surface area is 145 Å². The Balaban J connectivity index is 2.29. The van der Waals surface area contributed by atoms with Crippen LogP contribution in [0.4, 0.5) is 11.4 Å². The number of unbranched alkanes of at least 4 members (excludes halogenated alkanes) is 1. The van der Waals surface area contributed by atoms with E-state index >= 15 is 0 Å². The van der Waals surface area contributed by atoms with E-state index in [0.29, 0.717) is 12.3 Å². The number of fused-ring (bicyclic) bond motifs is 1. The normalized spacial score (nSPS) is 16.4. The summed E-state index contributed by atoms with van der Waals surface area (Å²) in [7, 11) is 0. The maximum absolute atomic E-state index is 12.7. The quantitative estimate of drug-likeness (QED) is 0.324. The fourth-order valence-electron chi connectivity index (χ4n) is 2.48. The van der Waals surface area contributed by atoms with Crippen molar-refractivity contribution < 1.29 is 24.0 Å². The smallest absolute Gasteiger partial charge is 0.326 e. The van der Waals surface area contributed by atoms with Crippen molar-refractivity contribution in [3.63, 3.8) is 0 Å². The zero-order chi connectivity index (χ0) is 18.6. The molecular formula is C17H22N2O6. The van der Waals surface area contributed by atoms with Crippen LogP contribution in [0.3, 0.4) is 0 Å². The molecule has 1 unspecified atom stereocenters. The highest BCUT2D eigenvalue weighted by molar-refractivity contribution is 6.03. The van der Waals surface area contributed by atoms with Crippen LogP contribution in [0.1, 0.15) is 33.6 Å². The summed E-state index contributed by atoms with van der Waals surface area (Å²) in [4.78, 5) is 36.4. The lowest BCUT2D eigenvalue weighted by atomic mass is 10.0. The van der Waals surface area contributed by atoms with Crippen LogP contribution in [0, 0.1) is 16.0 Å². The molecule has 1 atom stereocenters. The van der Waals surface area contributed by atoms with Gasteiger partial charge in [0, 0.05) is 6.07 Å². The van der Waals surface area contributed by atoms with Gasteiger partial charge < -0.3 is 9.47 Å². The summed E-state index contributed by atoms with van der Waals surface area (Å²) >= 11 is 0. The molecule has 0 aromatic heterocycles. The van der Waals surface area contributed by atoms with Crippen molar-refractivity contribution in [3.8, 4) is 5.75 Å². The molecule has 8 nitrogen and oxygen atoms in total. The lowest BCUT2D eigenvalue weighted by Crippen LogP contribution is -2.50. The highest BCUT2D eigenvalue weighted by atomic mass is 16.6. The number of esters is 1. The topological polar surface area (TPSA) is 99.0 Å². The van der Waals surface area contributed by atoms with Crippen molar-refractivity contribution in [2.24, 2.45) is 5.92 Å². The number of carbonyl (C=O) groups excluding carboxylic acids is 2. The van der Waals surface area contributed by atoms with Crippen LogP contribution in [0.15, 0.2) is 18.2 Å². The van der Waals surface area contributed by atoms with E-state index in [1.54, 1.807) is 0 Å². The van der Waals surface area contributed by atoms with E-state index < -0.39 is 17.0 Å². The van der Waals surface area contributed by atoms with E-state index in [0.717, 1.165) is 12.8 Å². The number of nitrogens with zero attached hydrogens (tertiary/aromatic N) is 2. The molecular weight excluding hydrogens is 328 g/mol. The van der Waals surface area contributed by atoms with Gasteiger partial charge >= 0.3 is 5.97 Å². The van der Waals surface area contributed by atoms with Crippen LogP contribution in [-0.4, -0.2) is 36.1 Å². The molecule has 25 heavy (non-hydrogen) atoms. The van der Waals surface area contributed by atoms with Crippen LogP contribution >= 0.6 is 0 Å². The van der Waals surface area contributed by atoms with Gasteiger partial charge in [0.25, 0.3) is 11.6 Å². The monoisotopic (exact) mass is 350 g/mol. The Morgan fingerprint density at radius 1 is 1.44 bits per heavy atom. The number of hydrogen-bond donors (Lipinski definition) is 0. The zero-order valence-electron chi connectivity index (χ0n) is 14.6. The maximum atomic E-state index is 12.7. The molecule has 1 aliphatic heterocycles. The van der Waals surface area contributed by atoms with Gasteiger partial charge in [-0.25, -0.2) is 0 Å². The van der Waals surface area contributed by atoms with Gasteiger partial charge in [0.2, 0.25) is 0 Å². The summed E-state index contributed by atoms with van der Waals surface area (Å²) in [5.74, 6) is -0.813. The first kappa shape index (κ1) is 18.7. The first-order valence-electron chi connectivity index (χ1n) is 8.27. The van der Waals surface area contributed by atoms with Gasteiger partial charge in [0.15, 0.2) is 11.9 Å². The predicted octanol–water partition coefficient (Wildman–Crippen LogP) is 2.69. The molecule has 1 heterocycles. The molecule has 136 valence electrons. The second kappa shape index (κ2) is 7.96. The number of rotatable bonds is 7. The predicted molar refractivity (Wildman–Crippen MR) is 90.6 cm³/mol. The number of nitro benzene ring substituents is 1. The van der Waals surface area contributed by atoms with Crippen LogP contribution in [0.25, 0.3) is 0 Å². The van der Waals surface area contributed by atoms with E-state index in [4.69, 9.17) is 9.47 Å². The molecule has 0 N–H and O–H groups in total. The zero-order valence-corrected chi connectivity index (χ0v) is 14.6. The van der Waals surface area contributed by atoms with E-state index in [9.17, 15) is 19.7 Å². The number of benzene rings is 1. The van der Waals surface area contributed by atoms with Crippen molar-refractivity contribution in [3.05, 3.63) is 28.3 Å². The Bertz CT molecular complexity index is 673. The van der Waals surface area contributed by atoms with E-state index in [1.165, 1.54) is 23.1 Å². The molecule has 8 heteroatoms. The van der Waals surface area contributed by atoms with Crippen molar-refractivity contribution in [1.29, 1.82) is 0 Å². The van der Waals surface area contributed by atoms with Crippen LogP contribution < -0.4 is 9.64 Å². The Kier molecular flexibility index (Phi) is 5.95. The Hall–Kier alpha value is -2.64. The SMILES string of the molecule is CCCCOC(=O)CN1C(=O)C(C(C)C)Oc2cc([N+](=O)[O-])ccc21. The number of anilines is 1. The average Bonchev–Trinajstić information content (AvgIpc) is 2.56. The summed E-state index contributed by atoms with van der Waals surface area (Å²) in [6.07, 6.45) is 0.837. The van der Waals surface area contributed by atoms with E-state index in [-0.39, 0.29) is 29.8 Å². The number of hydrogen-bond acceptors (Lipinski definition) is 6. The van der Waals surface area contributed by atoms with Gasteiger partial charge in [-0.3, -0.25) is 24.6 Å². The van der Waals surface area contributed by atoms with Crippen LogP contribution in [0.2, 0.25) is 0 Å². The summed E-state index contributed by atoms with van der Waals surface area (Å²) in [6, 6.07) is 3.97. The first-order chi connectivity index (χ1) is 11.8. The van der Waals surface area contributed by atoms with Gasteiger partial charge in [0.1, 0.15) is 6.54 Å². The number of non-ortho nitro benzene ring substituents is 1. The van der Waals surface area contributed by atoms with Crippen molar-refractivity contribution >= 4 is 23.3 Å². The number of nitro groups is 1. The second-order valence-corrected chi connectivity index (χ2v) is 6.19. The second-order valence-electron chi connectivity index (χ2n) is 6.19. The molecule has 1 aliphatic rings. The molecule has 1 amide bonds. The summed E-state index contributed by atoms with van der Waals surface area (Å²) < 4.78 is 10.8. The highest BCUT2D eigenvalue weighted by Gasteiger charge is 2.38. The third kappa shape index (κ3) is 4.26. The lowest BCUT2D eigenvalue weighted by Gasteiger charge is -2.35. The van der Waals surface area contributed by atoms with Crippen LogP contribution in [0.5, 0.6) is 5.75 Å². The molecule has 0 radical (unpaired) electrons. The first-order valence-corrected chi connectivity index (χ1v) is 8.27. The van der Waals surface area contributed by atoms with Gasteiger partial charge in [-0.05, 0) is 18.4 Å². The maximum Gasteiger partial charge on any atom is 0.326 e. The fourth-order valence-corrected chi connectivity index (χ4v) is 2.48. The van der Waals surface area contributed by atoms with Gasteiger partial charge in [-0.1, -0.05) is 27.2 Å². The molecule has 0 spiro atoms. The third-order valence-corrected chi connectivity index (χ3v) is 3.86. The standard InChI is InChI=1S/C17H22N2O6/c1-4-5-8-24-15(20)10-18-13-7-6-12(19(22)23)9-14(13)25-16(11(2)3)17(18)21/h6-7,9,11,16H,4-5,8,10H2,1-3H3. The Morgan fingerprint density at radius 2 is 2.16 bits per heavy atom. The summed E-state index contributed by atoms with van der Waals surface area (Å²) in [5.41, 5.74) is 0.195. The molecule has 2 rings (SSSR count). The van der Waals surface area contributed by atoms with E-state index in [2.05, 4.69) is 0 Å². The third-order valence-electron chi connectivity index (χ3n) is 3.86. The number of ether oxygens (including phenoxy) is 2. The van der Waals surface area contributed by atoms with Crippen LogP contribution in [-0.2, 0) is 14.3 Å². The Morgan fingerprint density at radius 3 is 2.76 bits per heavy atom. The summed E-state index contributed by atoms with van der Waals surface area (Å²) in [5, 5.41) is 11.0. The van der Waals surface area contributed by atoms with Gasteiger partial charge in [-0.2, -0.15) is 0 Å². The number of carbonyl (C=O) groups is 2. The average molecular weight is 350 g/mol. The molecule has 1 aromatic rings.